The molecule has 8 rings (SSSR count). The molecule has 2 aromatic heterocycles. The van der Waals surface area contributed by atoms with Crippen molar-refractivity contribution in [3.63, 3.8) is 0 Å². The second-order valence-corrected chi connectivity index (χ2v) is 31.6. The molecular formula is C77H95F10N12O18P. The second kappa shape index (κ2) is 39.6. The number of anilines is 1. The molecule has 7 N–H and O–H groups in total. The number of hydrogen-bond acceptors (Lipinski definition) is 22. The number of esters is 3. The highest BCUT2D eigenvalue weighted by atomic mass is 31.2. The molecular weight excluding hydrogens is 1600 g/mol. The maximum atomic E-state index is 17.0. The second-order valence-electron chi connectivity index (χ2n) is 30.4. The van der Waals surface area contributed by atoms with Gasteiger partial charge in [0.15, 0.2) is 0 Å². The van der Waals surface area contributed by atoms with Crippen LogP contribution < -0.4 is 36.1 Å². The van der Waals surface area contributed by atoms with Crippen molar-refractivity contribution >= 4 is 61.6 Å². The predicted molar refractivity (Wildman–Crippen MR) is 400 cm³/mol. The van der Waals surface area contributed by atoms with Gasteiger partial charge in [0.1, 0.15) is 35.6 Å². The van der Waals surface area contributed by atoms with Gasteiger partial charge >= 0.3 is 56.8 Å². The van der Waals surface area contributed by atoms with E-state index in [1.165, 1.54) is 70.4 Å². The number of aryl methyl sites for hydroxylation is 1. The fraction of sp³-hybridized carbons (Fsp3) is 0.545. The van der Waals surface area contributed by atoms with Crippen LogP contribution in [0.4, 0.5) is 59.4 Å². The summed E-state index contributed by atoms with van der Waals surface area (Å²) in [5, 5.41) is 12.8. The normalized spacial score (nSPS) is 16.7. The highest BCUT2D eigenvalue weighted by Gasteiger charge is 2.58. The number of ether oxygens (including phenoxy) is 6. The summed E-state index contributed by atoms with van der Waals surface area (Å²) in [6.45, 7) is 5.85. The lowest BCUT2D eigenvalue weighted by Gasteiger charge is -2.47. The molecule has 0 saturated carbocycles. The number of benzene rings is 3. The molecule has 30 nitrogen and oxygen atoms in total. The SMILES string of the molecule is CCOC(=O)CCCC(CC(=O)OCC)NC(=O)Cc1cc(C)cc(OP(=O)(O)O)c1C(C)(C)CC(=O)O[C@@H](CN(Cc1c(F)cc(-c2ccn(C(F)F)n2)cc1F)NC(=O)[C@@H](NC(=O)OC)C(C)(C)C(F)(F)F)[C@H](Cc1ccc(C#Cc2cnc(N3CC4CCC(C3)N4C3COC3)nc2)cc1)NC(=O)[C@@H](NC(=O)OC)C(C)(C)C(F)(F)F. The Bertz CT molecular complexity index is 4480. The molecule has 0 radical (unpaired) electrons. The molecule has 118 heavy (non-hydrogen) atoms. The molecule has 7 atom stereocenters. The number of hydrazine groups is 1. The Morgan fingerprint density at radius 1 is 0.729 bits per heavy atom. The number of amides is 5. The summed E-state index contributed by atoms with van der Waals surface area (Å²) in [6.07, 6.45) is -13.5. The van der Waals surface area contributed by atoms with Crippen LogP contribution in [-0.2, 0) is 86.6 Å². The number of carbonyl (C=O) groups excluding carboxylic acids is 8. The van der Waals surface area contributed by atoms with Gasteiger partial charge in [-0.3, -0.25) is 48.9 Å². The summed E-state index contributed by atoms with van der Waals surface area (Å²) < 4.78 is 203. The Kier molecular flexibility index (Phi) is 31.3. The quantitative estimate of drug-likeness (QED) is 0.00490. The number of nitrogens with one attached hydrogen (secondary N) is 5. The Morgan fingerprint density at radius 2 is 1.30 bits per heavy atom. The Balaban J connectivity index is 1.27. The molecule has 41 heteroatoms. The molecule has 3 aromatic carbocycles. The van der Waals surface area contributed by atoms with E-state index in [2.05, 4.69) is 62.2 Å². The Labute approximate surface area is 673 Å². The third-order valence-corrected chi connectivity index (χ3v) is 20.8. The number of aromatic nitrogens is 4. The van der Waals surface area contributed by atoms with E-state index in [0.29, 0.717) is 106 Å². The van der Waals surface area contributed by atoms with Gasteiger partial charge in [0, 0.05) is 90.4 Å². The van der Waals surface area contributed by atoms with E-state index in [9.17, 15) is 51.9 Å². The molecule has 5 heterocycles. The zero-order chi connectivity index (χ0) is 87.2. The molecule has 5 amide bonds. The third-order valence-electron chi connectivity index (χ3n) is 20.4. The van der Waals surface area contributed by atoms with Crippen LogP contribution in [0, 0.1) is 41.2 Å². The molecule has 3 unspecified atom stereocenters. The minimum Gasteiger partial charge on any atom is -0.466 e. The number of halogens is 10. The molecule has 646 valence electrons. The standard InChI is InChI=1S/C77H95F10N12O18P/c1-12-114-61(101)16-14-15-49(33-62(102)115-13-2)90-60(100)32-48-27-43(3)28-58(117-118(108,109)110)64(48)73(4,5)34-63(103)116-59(40-97(95-68(105)66(93-72(107)112-11)75(8,9)77(85,86)87)39-53-54(78)30-47(31-55(53)79)56-25-26-98(94-56)69(80)81)57(91-67(104)65(92-71(106)111-10)74(6,7)76(82,83)84)29-45-20-17-44(18-21-45)19-22-46-35-88-70(89-36-46)96-37-50-23-24-51(38-96)99(50)52-41-113-42-52/h17-18,20-21,25-28,30-31,35-36,49-52,57,59,65-66,69H,12-16,23-24,29,32-34,37-42H2,1-11H3,(H,90,100)(H,91,104)(H,92,106)(H,93,107)(H,95,105)(H2,108,109,110)/t49?,50?,51?,57-,59-,65+,66+/m0/s1. The monoisotopic (exact) mass is 1700 g/mol. The summed E-state index contributed by atoms with van der Waals surface area (Å²) >= 11 is 0. The fourth-order valence-electron chi connectivity index (χ4n) is 14.1. The van der Waals surface area contributed by atoms with Crippen molar-refractivity contribution in [1.82, 2.24) is 56.4 Å². The van der Waals surface area contributed by atoms with Crippen LogP contribution in [0.15, 0.2) is 73.2 Å². The van der Waals surface area contributed by atoms with Gasteiger partial charge in [0.2, 0.25) is 17.8 Å². The lowest BCUT2D eigenvalue weighted by Crippen LogP contribution is -2.64. The van der Waals surface area contributed by atoms with Crippen LogP contribution in [-0.4, -0.2) is 208 Å². The van der Waals surface area contributed by atoms with Gasteiger partial charge in [-0.15, -0.1) is 0 Å². The van der Waals surface area contributed by atoms with Crippen molar-refractivity contribution < 1.29 is 130 Å². The largest absolute Gasteiger partial charge is 0.524 e. The topological polar surface area (TPSA) is 372 Å². The zero-order valence-electron chi connectivity index (χ0n) is 66.4. The number of fused-ring (bicyclic) bond motifs is 2. The van der Waals surface area contributed by atoms with Crippen LogP contribution in [0.25, 0.3) is 11.3 Å². The van der Waals surface area contributed by atoms with E-state index < -0.39 is 194 Å². The summed E-state index contributed by atoms with van der Waals surface area (Å²) in [5.41, 5.74) is -7.93. The van der Waals surface area contributed by atoms with Gasteiger partial charge in [-0.25, -0.2) is 42.6 Å². The fourth-order valence-corrected chi connectivity index (χ4v) is 14.5. The number of methoxy groups -OCH3 is 2. The number of phosphoric ester groups is 1. The minimum atomic E-state index is -5.63. The summed E-state index contributed by atoms with van der Waals surface area (Å²) in [6, 6.07) is 2.63. The molecule has 2 bridgehead atoms. The number of alkyl carbamates (subject to hydrolysis) is 2. The molecule has 3 aliphatic rings. The van der Waals surface area contributed by atoms with Crippen LogP contribution in [0.3, 0.4) is 0 Å². The molecule has 5 aromatic rings. The van der Waals surface area contributed by atoms with E-state index in [-0.39, 0.29) is 59.4 Å². The van der Waals surface area contributed by atoms with Crippen molar-refractivity contribution in [3.05, 3.63) is 124 Å². The Hall–Kier alpha value is -10.2. The average molecular weight is 1700 g/mol. The molecule has 3 aliphatic heterocycles. The number of piperazine rings is 1. The predicted octanol–water partition coefficient (Wildman–Crippen LogP) is 9.43. The van der Waals surface area contributed by atoms with Crippen molar-refractivity contribution in [2.75, 3.05) is 65.2 Å². The molecule has 0 spiro atoms. The van der Waals surface area contributed by atoms with E-state index >= 15 is 44.7 Å². The van der Waals surface area contributed by atoms with Crippen molar-refractivity contribution in [2.45, 2.75) is 199 Å². The first kappa shape index (κ1) is 93.3. The molecule has 3 saturated heterocycles. The molecule has 3 fully saturated rings. The maximum absolute atomic E-state index is 17.0. The Morgan fingerprint density at radius 3 is 1.82 bits per heavy atom. The summed E-state index contributed by atoms with van der Waals surface area (Å²) in [4.78, 5) is 146. The van der Waals surface area contributed by atoms with Crippen LogP contribution in [0.1, 0.15) is 146 Å². The number of alkyl halides is 8. The zero-order valence-corrected chi connectivity index (χ0v) is 67.3. The van der Waals surface area contributed by atoms with E-state index in [1.807, 2.05) is 5.32 Å². The van der Waals surface area contributed by atoms with Gasteiger partial charge < -0.3 is 59.1 Å². The lowest BCUT2D eigenvalue weighted by molar-refractivity contribution is -0.221. The van der Waals surface area contributed by atoms with E-state index in [4.69, 9.17) is 23.5 Å². The van der Waals surface area contributed by atoms with Crippen LogP contribution >= 0.6 is 7.82 Å². The maximum Gasteiger partial charge on any atom is 0.524 e. The highest BCUT2D eigenvalue weighted by Crippen LogP contribution is 2.47. The van der Waals surface area contributed by atoms with Crippen LogP contribution in [0.5, 0.6) is 5.75 Å². The first-order valence-electron chi connectivity index (χ1n) is 37.5. The number of rotatable bonds is 36. The van der Waals surface area contributed by atoms with Crippen molar-refractivity contribution in [2.24, 2.45) is 10.8 Å². The van der Waals surface area contributed by atoms with Gasteiger partial charge in [-0.1, -0.05) is 43.9 Å². The third kappa shape index (κ3) is 24.7. The smallest absolute Gasteiger partial charge is 0.466 e. The average Bonchev–Trinajstić information content (AvgIpc) is 1.41. The van der Waals surface area contributed by atoms with E-state index in [0.717, 1.165) is 45.4 Å². The highest BCUT2D eigenvalue weighted by molar-refractivity contribution is 7.46. The number of phosphoric acid groups is 1. The number of nitrogens with zero attached hydrogens (tertiary/aromatic N) is 7. The first-order chi connectivity index (χ1) is 55.2. The van der Waals surface area contributed by atoms with Gasteiger partial charge in [0.25, 0.3) is 5.91 Å². The first-order valence-corrected chi connectivity index (χ1v) is 39.0. The minimum absolute atomic E-state index is 0.00794. The molecule has 0 aliphatic carbocycles. The van der Waals surface area contributed by atoms with E-state index in [1.54, 1.807) is 12.2 Å². The van der Waals surface area contributed by atoms with Crippen LogP contribution in [0.2, 0.25) is 0 Å². The number of hydrogen-bond donors (Lipinski definition) is 7. The van der Waals surface area contributed by atoms with Crippen molar-refractivity contribution in [1.29, 1.82) is 0 Å². The lowest BCUT2D eigenvalue weighted by atomic mass is 9.77. The summed E-state index contributed by atoms with van der Waals surface area (Å²) in [5.74, 6) is -4.61. The van der Waals surface area contributed by atoms with Gasteiger partial charge in [0.05, 0.1) is 101 Å². The van der Waals surface area contributed by atoms with Gasteiger partial charge in [-0.05, 0) is 134 Å². The summed E-state index contributed by atoms with van der Waals surface area (Å²) in [7, 11) is -4.15. The number of carbonyl (C=O) groups is 8. The van der Waals surface area contributed by atoms with Gasteiger partial charge in [-0.2, -0.15) is 40.2 Å². The van der Waals surface area contributed by atoms with Crippen molar-refractivity contribution in [3.8, 4) is 28.8 Å².